The van der Waals surface area contributed by atoms with E-state index >= 15 is 0 Å². The van der Waals surface area contributed by atoms with Crippen LogP contribution in [0, 0.1) is 0 Å². The van der Waals surface area contributed by atoms with E-state index in [0.717, 1.165) is 0 Å². The molecule has 3 N–H and O–H groups in total. The van der Waals surface area contributed by atoms with Crippen molar-refractivity contribution in [2.45, 2.75) is 19.4 Å². The summed E-state index contributed by atoms with van der Waals surface area (Å²) in [4.78, 5) is 34.1. The van der Waals surface area contributed by atoms with Crippen LogP contribution in [-0.4, -0.2) is 23.8 Å². The molecule has 1 aromatic carbocycles. The smallest absolute Gasteiger partial charge is 0.308 e. The van der Waals surface area contributed by atoms with Gasteiger partial charge in [0.25, 0.3) is 5.91 Å². The number of hydrogen-bond donors (Lipinski definition) is 2. The Morgan fingerprint density at radius 3 is 2.33 bits per heavy atom. The van der Waals surface area contributed by atoms with Gasteiger partial charge >= 0.3 is 5.97 Å². The fourth-order valence-corrected chi connectivity index (χ4v) is 1.85. The molecule has 6 nitrogen and oxygen atoms in total. The molecule has 1 rings (SSSR count). The first-order chi connectivity index (χ1) is 9.79. The minimum absolute atomic E-state index is 0.201. The van der Waals surface area contributed by atoms with Gasteiger partial charge in [-0.05, 0) is 28.7 Å². The van der Waals surface area contributed by atoms with Crippen LogP contribution in [0.4, 0.5) is 0 Å². The third-order valence-corrected chi connectivity index (χ3v) is 2.78. The average Bonchev–Trinajstić information content (AvgIpc) is 2.37. The average molecular weight is 355 g/mol. The zero-order valence-corrected chi connectivity index (χ0v) is 13.0. The number of carbonyl (C=O) groups excluding carboxylic acids is 3. The van der Waals surface area contributed by atoms with Crippen LogP contribution in [0.5, 0.6) is 5.75 Å². The van der Waals surface area contributed by atoms with E-state index in [-0.39, 0.29) is 6.42 Å². The van der Waals surface area contributed by atoms with Gasteiger partial charge in [0.15, 0.2) is 0 Å². The SMILES string of the molecule is C=C(Br)C[C@@H](NC(=O)c1ccc(OC(C)=O)cc1)C(N)=O. The van der Waals surface area contributed by atoms with Gasteiger partial charge in [-0.3, -0.25) is 14.4 Å². The van der Waals surface area contributed by atoms with Crippen LogP contribution in [0.25, 0.3) is 0 Å². The lowest BCUT2D eigenvalue weighted by Gasteiger charge is -2.15. The van der Waals surface area contributed by atoms with E-state index in [4.69, 9.17) is 10.5 Å². The molecular formula is C14H15BrN2O4. The van der Waals surface area contributed by atoms with Gasteiger partial charge in [-0.1, -0.05) is 22.5 Å². The summed E-state index contributed by atoms with van der Waals surface area (Å²) in [7, 11) is 0. The summed E-state index contributed by atoms with van der Waals surface area (Å²) in [6, 6.07) is 5.08. The molecule has 0 saturated carbocycles. The molecule has 0 aliphatic carbocycles. The lowest BCUT2D eigenvalue weighted by molar-refractivity contribution is -0.131. The Kier molecular flexibility index (Phi) is 6.10. The number of esters is 1. The van der Waals surface area contributed by atoms with Gasteiger partial charge in [0, 0.05) is 18.9 Å². The maximum absolute atomic E-state index is 12.0. The highest BCUT2D eigenvalue weighted by atomic mass is 79.9. The van der Waals surface area contributed by atoms with Gasteiger partial charge in [-0.25, -0.2) is 0 Å². The first kappa shape index (κ1) is 16.9. The van der Waals surface area contributed by atoms with Crippen molar-refractivity contribution in [3.63, 3.8) is 0 Å². The van der Waals surface area contributed by atoms with Crippen LogP contribution in [0.1, 0.15) is 23.7 Å². The first-order valence-corrected chi connectivity index (χ1v) is 6.81. The maximum Gasteiger partial charge on any atom is 0.308 e. The van der Waals surface area contributed by atoms with Crippen LogP contribution in [-0.2, 0) is 9.59 Å². The molecule has 0 bridgehead atoms. The number of primary amides is 1. The second-order valence-corrected chi connectivity index (χ2v) is 5.39. The molecule has 0 aliphatic heterocycles. The standard InChI is InChI=1S/C14H15BrN2O4/c1-8(15)7-12(13(16)19)17-14(20)10-3-5-11(6-4-10)21-9(2)18/h3-6,12H,1,7H2,2H3,(H2,16,19)(H,17,20)/t12-/m1/s1. The predicted molar refractivity (Wildman–Crippen MR) is 80.9 cm³/mol. The number of hydrogen-bond acceptors (Lipinski definition) is 4. The molecule has 0 unspecified atom stereocenters. The molecule has 112 valence electrons. The van der Waals surface area contributed by atoms with E-state index in [2.05, 4.69) is 27.8 Å². The summed E-state index contributed by atoms with van der Waals surface area (Å²) in [5, 5.41) is 2.51. The van der Waals surface area contributed by atoms with E-state index < -0.39 is 23.8 Å². The Bertz CT molecular complexity index is 569. The van der Waals surface area contributed by atoms with Crippen molar-refractivity contribution in [1.29, 1.82) is 0 Å². The Morgan fingerprint density at radius 2 is 1.90 bits per heavy atom. The Balaban J connectivity index is 2.76. The predicted octanol–water partition coefficient (Wildman–Crippen LogP) is 1.49. The zero-order valence-electron chi connectivity index (χ0n) is 11.4. The topological polar surface area (TPSA) is 98.5 Å². The number of benzene rings is 1. The number of amides is 2. The Hall–Kier alpha value is -2.15. The molecule has 0 spiro atoms. The lowest BCUT2D eigenvalue weighted by Crippen LogP contribution is -2.44. The minimum Gasteiger partial charge on any atom is -0.427 e. The normalized spacial score (nSPS) is 11.3. The monoisotopic (exact) mass is 354 g/mol. The highest BCUT2D eigenvalue weighted by molar-refractivity contribution is 9.11. The van der Waals surface area contributed by atoms with Gasteiger partial charge in [0.05, 0.1) is 0 Å². The lowest BCUT2D eigenvalue weighted by atomic mass is 10.1. The number of halogens is 1. The molecule has 0 saturated heterocycles. The molecule has 21 heavy (non-hydrogen) atoms. The van der Waals surface area contributed by atoms with E-state index in [1.54, 1.807) is 0 Å². The quantitative estimate of drug-likeness (QED) is 0.597. The molecule has 2 amide bonds. The molecule has 0 aromatic heterocycles. The van der Waals surface area contributed by atoms with Crippen molar-refractivity contribution >= 4 is 33.7 Å². The zero-order chi connectivity index (χ0) is 16.0. The van der Waals surface area contributed by atoms with Gasteiger partial charge in [-0.2, -0.15) is 0 Å². The van der Waals surface area contributed by atoms with Crippen molar-refractivity contribution in [2.75, 3.05) is 0 Å². The minimum atomic E-state index is -0.850. The van der Waals surface area contributed by atoms with Crippen LogP contribution in [0.3, 0.4) is 0 Å². The molecule has 7 heteroatoms. The van der Waals surface area contributed by atoms with E-state index in [1.807, 2.05) is 0 Å². The van der Waals surface area contributed by atoms with Gasteiger partial charge in [0.1, 0.15) is 11.8 Å². The second kappa shape index (κ2) is 7.58. The van der Waals surface area contributed by atoms with Crippen molar-refractivity contribution in [2.24, 2.45) is 5.73 Å². The van der Waals surface area contributed by atoms with E-state index in [0.29, 0.717) is 15.8 Å². The number of ether oxygens (including phenoxy) is 1. The molecule has 0 fully saturated rings. The fourth-order valence-electron chi connectivity index (χ4n) is 1.53. The summed E-state index contributed by atoms with van der Waals surface area (Å²) in [5.74, 6) is -1.22. The number of carbonyl (C=O) groups is 3. The van der Waals surface area contributed by atoms with Gasteiger partial charge < -0.3 is 15.8 Å². The third kappa shape index (κ3) is 5.78. The molecule has 1 atom stereocenters. The van der Waals surface area contributed by atoms with Crippen LogP contribution >= 0.6 is 15.9 Å². The molecule has 0 radical (unpaired) electrons. The first-order valence-electron chi connectivity index (χ1n) is 6.01. The summed E-state index contributed by atoms with van der Waals surface area (Å²) in [6.07, 6.45) is 0.201. The van der Waals surface area contributed by atoms with Crippen LogP contribution in [0.2, 0.25) is 0 Å². The summed E-state index contributed by atoms with van der Waals surface area (Å²) in [5.41, 5.74) is 5.53. The number of rotatable bonds is 6. The van der Waals surface area contributed by atoms with E-state index in [1.165, 1.54) is 31.2 Å². The van der Waals surface area contributed by atoms with Crippen molar-refractivity contribution < 1.29 is 19.1 Å². The number of nitrogens with two attached hydrogens (primary N) is 1. The maximum atomic E-state index is 12.0. The van der Waals surface area contributed by atoms with E-state index in [9.17, 15) is 14.4 Å². The highest BCUT2D eigenvalue weighted by Crippen LogP contribution is 2.14. The Labute approximate surface area is 130 Å². The summed E-state index contributed by atoms with van der Waals surface area (Å²) < 4.78 is 5.41. The highest BCUT2D eigenvalue weighted by Gasteiger charge is 2.19. The molecular weight excluding hydrogens is 340 g/mol. The summed E-state index contributed by atoms with van der Waals surface area (Å²) >= 11 is 3.12. The van der Waals surface area contributed by atoms with Crippen LogP contribution in [0.15, 0.2) is 35.3 Å². The fraction of sp³-hybridized carbons (Fsp3) is 0.214. The largest absolute Gasteiger partial charge is 0.427 e. The van der Waals surface area contributed by atoms with Gasteiger partial charge in [-0.15, -0.1) is 0 Å². The third-order valence-electron chi connectivity index (χ3n) is 2.45. The van der Waals surface area contributed by atoms with Crippen molar-refractivity contribution in [1.82, 2.24) is 5.32 Å². The van der Waals surface area contributed by atoms with Crippen molar-refractivity contribution in [3.8, 4) is 5.75 Å². The molecule has 1 aromatic rings. The van der Waals surface area contributed by atoms with Crippen molar-refractivity contribution in [3.05, 3.63) is 40.9 Å². The molecule has 0 aliphatic rings. The molecule has 0 heterocycles. The summed E-state index contributed by atoms with van der Waals surface area (Å²) in [6.45, 7) is 4.89. The Morgan fingerprint density at radius 1 is 1.33 bits per heavy atom. The van der Waals surface area contributed by atoms with Gasteiger partial charge in [0.2, 0.25) is 5.91 Å². The second-order valence-electron chi connectivity index (χ2n) is 4.27. The number of nitrogens with one attached hydrogen (secondary N) is 1. The van der Waals surface area contributed by atoms with Crippen LogP contribution < -0.4 is 15.8 Å².